The molecule has 0 N–H and O–H groups in total. The molecule has 0 aliphatic heterocycles. The number of rotatable bonds is 3. The maximum Gasteiger partial charge on any atom is -0.147 e. The Hall–Kier alpha value is -1.47. The van der Waals surface area contributed by atoms with E-state index in [1.54, 1.807) is 21.6 Å². The summed E-state index contributed by atoms with van der Waals surface area (Å²) in [7, 11) is 0. The van der Waals surface area contributed by atoms with Crippen molar-refractivity contribution in [3.05, 3.63) is 92.2 Å². The van der Waals surface area contributed by atoms with Gasteiger partial charge in [0.25, 0.3) is 0 Å². The number of furan rings is 1. The van der Waals surface area contributed by atoms with E-state index in [0.717, 1.165) is 12.8 Å². The maximum absolute atomic E-state index is 5.49. The van der Waals surface area contributed by atoms with Gasteiger partial charge in [0, 0.05) is 0 Å². The first-order chi connectivity index (χ1) is 16.4. The van der Waals surface area contributed by atoms with Crippen LogP contribution in [0, 0.1) is 0 Å². The first kappa shape index (κ1) is 30.1. The van der Waals surface area contributed by atoms with Crippen LogP contribution in [-0.2, 0) is 38.5 Å². The van der Waals surface area contributed by atoms with E-state index in [4.69, 9.17) is 4.42 Å². The second kappa shape index (κ2) is 11.0. The third-order valence-corrected chi connectivity index (χ3v) is 15.1. The molecule has 2 aromatic carbocycles. The zero-order valence-corrected chi connectivity index (χ0v) is 27.5. The molecule has 0 amide bonds. The van der Waals surface area contributed by atoms with Crippen molar-refractivity contribution in [2.24, 2.45) is 0 Å². The van der Waals surface area contributed by atoms with Crippen LogP contribution in [0.2, 0.25) is 0 Å². The molecule has 0 fully saturated rings. The minimum atomic E-state index is -2.32. The Morgan fingerprint density at radius 3 is 2.11 bits per heavy atom. The van der Waals surface area contributed by atoms with E-state index in [0.29, 0.717) is 0 Å². The van der Waals surface area contributed by atoms with Crippen LogP contribution in [0.25, 0.3) is 16.7 Å². The summed E-state index contributed by atoms with van der Waals surface area (Å²) in [5.41, 5.74) is 11.8. The zero-order chi connectivity index (χ0) is 25.1. The van der Waals surface area contributed by atoms with Gasteiger partial charge < -0.3 is 0 Å². The average Bonchev–Trinajstić information content (AvgIpc) is 3.51. The summed E-state index contributed by atoms with van der Waals surface area (Å²) in [5.74, 6) is 0. The second-order valence-electron chi connectivity index (χ2n) is 12.5. The monoisotopic (exact) mass is 612 g/mol. The minimum Gasteiger partial charge on any atom is -0.147 e. The van der Waals surface area contributed by atoms with Gasteiger partial charge in [0.05, 0.1) is 0 Å². The van der Waals surface area contributed by atoms with Crippen LogP contribution in [-0.4, -0.2) is 3.21 Å². The van der Waals surface area contributed by atoms with Gasteiger partial charge in [-0.3, -0.25) is 0 Å². The van der Waals surface area contributed by atoms with Crippen LogP contribution < -0.4 is 3.27 Å². The molecular weight excluding hydrogens is 574 g/mol. The summed E-state index contributed by atoms with van der Waals surface area (Å²) in [6, 6.07) is 14.5. The van der Waals surface area contributed by atoms with E-state index in [9.17, 15) is 0 Å². The van der Waals surface area contributed by atoms with Crippen molar-refractivity contribution in [3.63, 3.8) is 0 Å². The Bertz CT molecular complexity index is 1400. The summed E-state index contributed by atoms with van der Waals surface area (Å²) in [5, 5.41) is 0. The van der Waals surface area contributed by atoms with Crippen LogP contribution in [0.3, 0.4) is 0 Å². The number of halogens is 2. The molecule has 196 valence electrons. The van der Waals surface area contributed by atoms with Gasteiger partial charge in [0.15, 0.2) is 0 Å². The van der Waals surface area contributed by atoms with E-state index in [1.165, 1.54) is 39.0 Å². The largest absolute Gasteiger partial charge is 0.147 e. The van der Waals surface area contributed by atoms with Crippen LogP contribution in [0.15, 0.2) is 68.8 Å². The summed E-state index contributed by atoms with van der Waals surface area (Å²) >= 11 is -2.32. The van der Waals surface area contributed by atoms with Crippen molar-refractivity contribution in [3.8, 4) is 11.1 Å². The Morgan fingerprint density at radius 2 is 1.51 bits per heavy atom. The SMILES string of the molecule is C[C](C)=[Zr]([C]1=C(c2ccoc2)C=CC1)[c]1cc(C(C)(C)C)cc2c1Cc1ccc(C(C)(C)C)cc1-2.Cl.Cl. The molecule has 1 nitrogen and oxygen atoms in total. The predicted molar refractivity (Wildman–Crippen MR) is 162 cm³/mol. The van der Waals surface area contributed by atoms with Crippen LogP contribution in [0.1, 0.15) is 89.6 Å². The number of hydrogen-bond acceptors (Lipinski definition) is 1. The summed E-state index contributed by atoms with van der Waals surface area (Å²) in [6.07, 6.45) is 10.6. The first-order valence-corrected chi connectivity index (χ1v) is 16.6. The van der Waals surface area contributed by atoms with Crippen molar-refractivity contribution >= 4 is 36.9 Å². The van der Waals surface area contributed by atoms with Crippen molar-refractivity contribution in [1.29, 1.82) is 0 Å². The Morgan fingerprint density at radius 1 is 0.838 bits per heavy atom. The fraction of sp³-hybridized carbons (Fsp3) is 0.364. The summed E-state index contributed by atoms with van der Waals surface area (Å²) in [6.45, 7) is 18.8. The minimum absolute atomic E-state index is 0. The molecule has 1 aromatic heterocycles. The number of hydrogen-bond donors (Lipinski definition) is 0. The summed E-state index contributed by atoms with van der Waals surface area (Å²) in [4.78, 5) is 0. The van der Waals surface area contributed by atoms with E-state index in [2.05, 4.69) is 104 Å². The molecule has 1 heterocycles. The van der Waals surface area contributed by atoms with Gasteiger partial charge >= 0.3 is 220 Å². The zero-order valence-electron chi connectivity index (χ0n) is 23.4. The second-order valence-corrected chi connectivity index (χ2v) is 19.6. The first-order valence-electron chi connectivity index (χ1n) is 12.9. The molecule has 0 saturated heterocycles. The van der Waals surface area contributed by atoms with E-state index in [1.807, 2.05) is 6.26 Å². The average molecular weight is 615 g/mol. The third-order valence-electron chi connectivity index (χ3n) is 7.58. The molecule has 37 heavy (non-hydrogen) atoms. The van der Waals surface area contributed by atoms with Gasteiger partial charge in [-0.15, -0.1) is 24.8 Å². The Kier molecular flexibility index (Phi) is 8.91. The Balaban J connectivity index is 0.00000190. The molecule has 0 spiro atoms. The molecule has 0 atom stereocenters. The smallest absolute Gasteiger partial charge is 0.147 e. The molecular formula is C33H40Cl2OZr. The standard InChI is InChI=1S/C21H25.C9H7O.C3H6.2ClH.Zr/c1-20(2,3)16-9-7-14-11-15-8-10-17(21(4,5)6)13-19(15)18(14)12-16;1-2-4-8(3-1)9-5-6-10-7-9;1-3-2;;;/h7,9-10,12-13H,11H2,1-6H3;1,3,5-7H,2H2;1-2H3;2*1H;. The van der Waals surface area contributed by atoms with Crippen LogP contribution >= 0.6 is 24.8 Å². The molecule has 2 aliphatic rings. The van der Waals surface area contributed by atoms with Gasteiger partial charge in [0.1, 0.15) is 0 Å². The van der Waals surface area contributed by atoms with E-state index < -0.39 is 21.3 Å². The van der Waals surface area contributed by atoms with Gasteiger partial charge in [-0.1, -0.05) is 0 Å². The van der Waals surface area contributed by atoms with Crippen molar-refractivity contribution in [2.75, 3.05) is 0 Å². The predicted octanol–water partition coefficient (Wildman–Crippen LogP) is 9.12. The van der Waals surface area contributed by atoms with Crippen molar-refractivity contribution in [2.45, 2.75) is 79.1 Å². The van der Waals surface area contributed by atoms with Crippen LogP contribution in [0.5, 0.6) is 0 Å². The molecule has 2 aliphatic carbocycles. The van der Waals surface area contributed by atoms with E-state index >= 15 is 0 Å². The molecule has 0 bridgehead atoms. The van der Waals surface area contributed by atoms with Crippen LogP contribution in [0.4, 0.5) is 0 Å². The third kappa shape index (κ3) is 5.64. The van der Waals surface area contributed by atoms with Crippen molar-refractivity contribution in [1.82, 2.24) is 0 Å². The number of allylic oxidation sites excluding steroid dienone is 4. The molecule has 3 aromatic rings. The molecule has 0 saturated carbocycles. The fourth-order valence-electron chi connectivity index (χ4n) is 5.56. The van der Waals surface area contributed by atoms with Gasteiger partial charge in [-0.25, -0.2) is 0 Å². The van der Waals surface area contributed by atoms with Crippen molar-refractivity contribution < 1.29 is 25.7 Å². The number of benzene rings is 2. The normalized spacial score (nSPS) is 14.2. The molecule has 4 heteroatoms. The quantitative estimate of drug-likeness (QED) is 0.224. The Labute approximate surface area is 243 Å². The topological polar surface area (TPSA) is 13.1 Å². The van der Waals surface area contributed by atoms with Gasteiger partial charge in [-0.05, 0) is 0 Å². The fourth-order valence-corrected chi connectivity index (χ4v) is 13.2. The summed E-state index contributed by atoms with van der Waals surface area (Å²) < 4.78 is 10.5. The molecule has 0 unspecified atom stereocenters. The maximum atomic E-state index is 5.49. The molecule has 0 radical (unpaired) electrons. The van der Waals surface area contributed by atoms with E-state index in [-0.39, 0.29) is 35.6 Å². The van der Waals surface area contributed by atoms with Gasteiger partial charge in [-0.2, -0.15) is 0 Å². The number of fused-ring (bicyclic) bond motifs is 3. The van der Waals surface area contributed by atoms with Gasteiger partial charge in [0.2, 0.25) is 0 Å². The molecule has 5 rings (SSSR count).